The van der Waals surface area contributed by atoms with Crippen LogP contribution in [0, 0.1) is 12.3 Å². The molecule has 0 unspecified atom stereocenters. The van der Waals surface area contributed by atoms with Gasteiger partial charge in [0.25, 0.3) is 0 Å². The Morgan fingerprint density at radius 1 is 1.19 bits per heavy atom. The third-order valence-electron chi connectivity index (χ3n) is 5.27. The van der Waals surface area contributed by atoms with Crippen LogP contribution in [0.25, 0.3) is 0 Å². The molecule has 0 amide bonds. The third kappa shape index (κ3) is 2.83. The number of methoxy groups -OCH3 is 1. The van der Waals surface area contributed by atoms with Crippen molar-refractivity contribution in [2.24, 2.45) is 5.41 Å². The third-order valence-corrected chi connectivity index (χ3v) is 5.27. The van der Waals surface area contributed by atoms with E-state index in [-0.39, 0.29) is 11.0 Å². The van der Waals surface area contributed by atoms with Gasteiger partial charge in [-0.2, -0.15) is 0 Å². The lowest BCUT2D eigenvalue weighted by Gasteiger charge is -2.51. The normalized spacial score (nSPS) is 22.0. The Kier molecular flexibility index (Phi) is 3.36. The van der Waals surface area contributed by atoms with Crippen LogP contribution in [0.1, 0.15) is 57.6 Å². The second-order valence-electron chi connectivity index (χ2n) is 8.44. The van der Waals surface area contributed by atoms with Gasteiger partial charge in [0.05, 0.1) is 7.11 Å². The van der Waals surface area contributed by atoms with E-state index in [1.165, 1.54) is 36.8 Å². The van der Waals surface area contributed by atoms with Gasteiger partial charge in [-0.15, -0.1) is 0 Å². The van der Waals surface area contributed by atoms with Crippen LogP contribution in [0.2, 0.25) is 0 Å². The molecule has 0 radical (unpaired) electrons. The van der Waals surface area contributed by atoms with E-state index < -0.39 is 0 Å². The summed E-state index contributed by atoms with van der Waals surface area (Å²) in [5.41, 5.74) is 3.85. The Hall–Kier alpha value is -1.02. The molecule has 1 aromatic rings. The number of hydrogen-bond donors (Lipinski definition) is 1. The Morgan fingerprint density at radius 2 is 1.86 bits per heavy atom. The Balaban J connectivity index is 1.91. The first kappa shape index (κ1) is 14.9. The number of benzene rings is 1. The first-order valence-electron chi connectivity index (χ1n) is 8.18. The number of hydrogen-bond acceptors (Lipinski definition) is 2. The molecule has 2 saturated carbocycles. The Bertz CT molecular complexity index is 529. The maximum atomic E-state index is 5.67. The van der Waals surface area contributed by atoms with Crippen molar-refractivity contribution in [3.05, 3.63) is 29.3 Å². The predicted molar refractivity (Wildman–Crippen MR) is 88.1 cm³/mol. The quantitative estimate of drug-likeness (QED) is 0.896. The number of aryl methyl sites for hydroxylation is 1. The van der Waals surface area contributed by atoms with Gasteiger partial charge in [-0.1, -0.05) is 17.7 Å². The lowest BCUT2D eigenvalue weighted by atomic mass is 9.56. The largest absolute Gasteiger partial charge is 0.496 e. The molecule has 0 bridgehead atoms. The van der Waals surface area contributed by atoms with Crippen LogP contribution in [0.15, 0.2) is 18.2 Å². The van der Waals surface area contributed by atoms with Gasteiger partial charge in [0, 0.05) is 23.1 Å². The zero-order valence-corrected chi connectivity index (χ0v) is 14.2. The van der Waals surface area contributed by atoms with Gasteiger partial charge in [-0.05, 0) is 64.9 Å². The van der Waals surface area contributed by atoms with Crippen molar-refractivity contribution < 1.29 is 4.74 Å². The Labute approximate surface area is 129 Å². The molecular formula is C19H29NO. The van der Waals surface area contributed by atoms with Crippen molar-refractivity contribution in [2.45, 2.75) is 64.3 Å². The summed E-state index contributed by atoms with van der Waals surface area (Å²) in [6, 6.07) is 6.64. The average molecular weight is 287 g/mol. The summed E-state index contributed by atoms with van der Waals surface area (Å²) in [7, 11) is 1.80. The van der Waals surface area contributed by atoms with Crippen LogP contribution in [-0.4, -0.2) is 19.2 Å². The van der Waals surface area contributed by atoms with Gasteiger partial charge in [0.2, 0.25) is 0 Å². The molecule has 0 atom stereocenters. The van der Waals surface area contributed by atoms with Crippen LogP contribution in [0.3, 0.4) is 0 Å². The molecule has 1 aromatic carbocycles. The maximum absolute atomic E-state index is 5.67. The van der Waals surface area contributed by atoms with E-state index >= 15 is 0 Å². The van der Waals surface area contributed by atoms with E-state index in [1.54, 1.807) is 7.11 Å². The van der Waals surface area contributed by atoms with E-state index in [0.717, 1.165) is 12.3 Å². The molecule has 2 nitrogen and oxygen atoms in total. The smallest absolute Gasteiger partial charge is 0.122 e. The van der Waals surface area contributed by atoms with E-state index in [1.807, 2.05) is 0 Å². The number of ether oxygens (including phenoxy) is 1. The van der Waals surface area contributed by atoms with Gasteiger partial charge >= 0.3 is 0 Å². The monoisotopic (exact) mass is 287 g/mol. The van der Waals surface area contributed by atoms with E-state index in [4.69, 9.17) is 4.74 Å². The second kappa shape index (κ2) is 4.74. The maximum Gasteiger partial charge on any atom is 0.122 e. The molecule has 3 rings (SSSR count). The van der Waals surface area contributed by atoms with Gasteiger partial charge in [0.1, 0.15) is 5.75 Å². The van der Waals surface area contributed by atoms with E-state index in [2.05, 4.69) is 51.2 Å². The molecule has 2 aliphatic carbocycles. The van der Waals surface area contributed by atoms with Crippen LogP contribution < -0.4 is 10.1 Å². The SMILES string of the molecule is COc1ccc(C)cc1C1(CNC(C)(C)C)CC2(CC2)C1. The number of rotatable bonds is 4. The second-order valence-corrected chi connectivity index (χ2v) is 8.44. The minimum Gasteiger partial charge on any atom is -0.496 e. The lowest BCUT2D eigenvalue weighted by molar-refractivity contribution is 0.105. The van der Waals surface area contributed by atoms with Gasteiger partial charge in [-0.25, -0.2) is 0 Å². The fourth-order valence-electron chi connectivity index (χ4n) is 4.00. The highest BCUT2D eigenvalue weighted by Gasteiger charge is 2.61. The molecule has 0 aliphatic heterocycles. The summed E-state index contributed by atoms with van der Waals surface area (Å²) >= 11 is 0. The number of nitrogens with one attached hydrogen (secondary N) is 1. The standard InChI is InChI=1S/C19H29NO/c1-14-6-7-16(21-5)15(10-14)19(13-20-17(2,3)4)11-18(12-19)8-9-18/h6-7,10,20H,8-9,11-13H2,1-5H3. The topological polar surface area (TPSA) is 21.3 Å². The van der Waals surface area contributed by atoms with Crippen LogP contribution in [-0.2, 0) is 5.41 Å². The Morgan fingerprint density at radius 3 is 2.38 bits per heavy atom. The minimum absolute atomic E-state index is 0.163. The fourth-order valence-corrected chi connectivity index (χ4v) is 4.00. The van der Waals surface area contributed by atoms with E-state index in [9.17, 15) is 0 Å². The van der Waals surface area contributed by atoms with Crippen molar-refractivity contribution >= 4 is 0 Å². The zero-order valence-electron chi connectivity index (χ0n) is 14.2. The van der Waals surface area contributed by atoms with Crippen LogP contribution >= 0.6 is 0 Å². The van der Waals surface area contributed by atoms with E-state index in [0.29, 0.717) is 5.41 Å². The van der Waals surface area contributed by atoms with Crippen molar-refractivity contribution in [1.82, 2.24) is 5.32 Å². The molecule has 116 valence electrons. The summed E-state index contributed by atoms with van der Waals surface area (Å²) in [5, 5.41) is 3.74. The zero-order chi connectivity index (χ0) is 15.3. The molecule has 0 saturated heterocycles. The van der Waals surface area contributed by atoms with Crippen LogP contribution in [0.4, 0.5) is 0 Å². The molecule has 0 heterocycles. The van der Waals surface area contributed by atoms with Crippen molar-refractivity contribution in [1.29, 1.82) is 0 Å². The van der Waals surface area contributed by atoms with Gasteiger partial charge in [-0.3, -0.25) is 0 Å². The molecule has 0 aromatic heterocycles. The molecule has 21 heavy (non-hydrogen) atoms. The fraction of sp³-hybridized carbons (Fsp3) is 0.684. The minimum atomic E-state index is 0.163. The first-order valence-corrected chi connectivity index (χ1v) is 8.18. The molecule has 2 aliphatic rings. The highest BCUT2D eigenvalue weighted by molar-refractivity contribution is 5.46. The molecule has 1 N–H and O–H groups in total. The summed E-state index contributed by atoms with van der Waals surface area (Å²) in [6.07, 6.45) is 5.50. The van der Waals surface area contributed by atoms with Crippen molar-refractivity contribution in [3.8, 4) is 5.75 Å². The summed E-state index contributed by atoms with van der Waals surface area (Å²) in [5.74, 6) is 1.06. The molecular weight excluding hydrogens is 258 g/mol. The average Bonchev–Trinajstić information content (AvgIpc) is 3.14. The first-order chi connectivity index (χ1) is 9.78. The highest BCUT2D eigenvalue weighted by atomic mass is 16.5. The molecule has 1 spiro atoms. The molecule has 2 fully saturated rings. The summed E-state index contributed by atoms with van der Waals surface area (Å²) in [4.78, 5) is 0. The van der Waals surface area contributed by atoms with Gasteiger partial charge < -0.3 is 10.1 Å². The van der Waals surface area contributed by atoms with Crippen LogP contribution in [0.5, 0.6) is 5.75 Å². The van der Waals surface area contributed by atoms with Crippen molar-refractivity contribution in [3.63, 3.8) is 0 Å². The summed E-state index contributed by atoms with van der Waals surface area (Å²) < 4.78 is 5.67. The summed E-state index contributed by atoms with van der Waals surface area (Å²) in [6.45, 7) is 9.98. The molecule has 2 heteroatoms. The predicted octanol–water partition coefficient (Wildman–Crippen LogP) is 4.20. The van der Waals surface area contributed by atoms with Crippen molar-refractivity contribution in [2.75, 3.05) is 13.7 Å². The van der Waals surface area contributed by atoms with Gasteiger partial charge in [0.15, 0.2) is 0 Å². The highest BCUT2D eigenvalue weighted by Crippen LogP contribution is 2.69. The lowest BCUT2D eigenvalue weighted by Crippen LogP contribution is -2.53.